The summed E-state index contributed by atoms with van der Waals surface area (Å²) in [5.74, 6) is 0.828. The molecule has 5 nitrogen and oxygen atoms in total. The number of benzene rings is 3. The monoisotopic (exact) mass is 750 g/mol. The zero-order valence-corrected chi connectivity index (χ0v) is 33.2. The molecule has 0 saturated carbocycles. The van der Waals surface area contributed by atoms with E-state index in [0.717, 1.165) is 17.5 Å². The molecule has 0 saturated heterocycles. The molecule has 0 aromatic heterocycles. The van der Waals surface area contributed by atoms with Gasteiger partial charge in [-0.25, -0.2) is 0 Å². The minimum Gasteiger partial charge on any atom is -0.742 e. The zero-order chi connectivity index (χ0) is 30.3. The molecule has 13 heteroatoms. The molecular formula is C27H36BrKO5S6. The van der Waals surface area contributed by atoms with Crippen molar-refractivity contribution in [1.29, 1.82) is 0 Å². The molecule has 0 heterocycles. The second-order valence-corrected chi connectivity index (χ2v) is 12.1. The normalized spacial score (nSPS) is 9.43. The molecule has 0 spiro atoms. The molecule has 3 rings (SSSR count). The number of hydrogen-bond donors (Lipinski definition) is 3. The van der Waals surface area contributed by atoms with Crippen molar-refractivity contribution in [2.45, 2.75) is 46.0 Å². The number of carbonyl (C=O) groups is 1. The molecule has 0 aliphatic carbocycles. The van der Waals surface area contributed by atoms with Crippen LogP contribution in [0.15, 0.2) is 87.5 Å². The molecule has 0 bridgehead atoms. The molecule has 0 fully saturated rings. The second-order valence-electron chi connectivity index (χ2n) is 7.13. The van der Waals surface area contributed by atoms with Crippen LogP contribution in [0.25, 0.3) is 0 Å². The number of hydrogen-bond acceptors (Lipinski definition) is 8. The smallest absolute Gasteiger partial charge is 0.742 e. The molecule has 0 atom stereocenters. The number of alkyl halides is 1. The molecule has 0 radical (unpaired) electrons. The Balaban J connectivity index is -0.000000443. The molecule has 0 unspecified atom stereocenters. The van der Waals surface area contributed by atoms with Gasteiger partial charge in [-0.15, -0.1) is 35.3 Å². The molecule has 3 aromatic rings. The van der Waals surface area contributed by atoms with Gasteiger partial charge in [0.2, 0.25) is 0 Å². The van der Waals surface area contributed by atoms with Crippen molar-refractivity contribution in [3.63, 3.8) is 0 Å². The summed E-state index contributed by atoms with van der Waals surface area (Å²) >= 11 is 16.9. The van der Waals surface area contributed by atoms with Crippen molar-refractivity contribution in [1.82, 2.24) is 0 Å². The fourth-order valence-electron chi connectivity index (χ4n) is 2.31. The average molecular weight is 752 g/mol. The first-order chi connectivity index (χ1) is 18.3. The number of thioether (sulfide) groups is 3. The fourth-order valence-corrected chi connectivity index (χ4v) is 4.12. The fraction of sp³-hybridized carbons (Fsp3) is 0.296. The van der Waals surface area contributed by atoms with Crippen molar-refractivity contribution in [2.24, 2.45) is 0 Å². The summed E-state index contributed by atoms with van der Waals surface area (Å²) in [5.41, 5.74) is 4.02. The number of thiol groups is 1. The van der Waals surface area contributed by atoms with E-state index in [2.05, 4.69) is 140 Å². The summed E-state index contributed by atoms with van der Waals surface area (Å²) in [6, 6.07) is 25.7. The van der Waals surface area contributed by atoms with Gasteiger partial charge in [0.05, 0.1) is 0 Å². The number of carbonyl (C=O) groups excluding carboxylic acids is 1. The molecular weight excluding hydrogens is 716 g/mol. The number of rotatable bonds is 6. The van der Waals surface area contributed by atoms with E-state index in [-0.39, 0.29) is 56.5 Å². The largest absolute Gasteiger partial charge is 1.00 e. The Labute approximate surface area is 315 Å². The zero-order valence-electron chi connectivity index (χ0n) is 23.5. The van der Waals surface area contributed by atoms with E-state index in [0.29, 0.717) is 0 Å². The molecule has 0 aliphatic rings. The van der Waals surface area contributed by atoms with Gasteiger partial charge in [0, 0.05) is 30.9 Å². The van der Waals surface area contributed by atoms with Crippen molar-refractivity contribution >= 4 is 92.0 Å². The van der Waals surface area contributed by atoms with E-state index in [4.69, 9.17) is 17.5 Å². The topological polar surface area (TPSA) is 91.7 Å². The SMILES string of the molecule is CC(=O)[S-].CCc1ccc(SC)cc1.CSc1ccc(CBr)cc1.CSc1ccc(CS)cc1.O=S(=O)(O)O.[K+]. The van der Waals surface area contributed by atoms with E-state index in [1.54, 1.807) is 35.3 Å². The Morgan fingerprint density at radius 1 is 0.775 bits per heavy atom. The second kappa shape index (κ2) is 28.7. The summed E-state index contributed by atoms with van der Waals surface area (Å²) in [7, 11) is -4.67. The van der Waals surface area contributed by atoms with Gasteiger partial charge in [-0.3, -0.25) is 9.11 Å². The van der Waals surface area contributed by atoms with E-state index >= 15 is 0 Å². The van der Waals surface area contributed by atoms with E-state index in [1.165, 1.54) is 38.3 Å². The average Bonchev–Trinajstić information content (AvgIpc) is 2.92. The van der Waals surface area contributed by atoms with Crippen LogP contribution in [0.2, 0.25) is 0 Å². The first-order valence-corrected chi connectivity index (χ1v) is 18.5. The summed E-state index contributed by atoms with van der Waals surface area (Å²) in [5, 5.41) is 0.696. The van der Waals surface area contributed by atoms with Crippen LogP contribution >= 0.6 is 63.8 Å². The van der Waals surface area contributed by atoms with Crippen LogP contribution < -0.4 is 51.4 Å². The first-order valence-electron chi connectivity index (χ1n) is 11.3. The third kappa shape index (κ3) is 30.4. The molecule has 40 heavy (non-hydrogen) atoms. The third-order valence-electron chi connectivity index (χ3n) is 4.22. The maximum atomic E-state index is 9.26. The Morgan fingerprint density at radius 2 is 1.02 bits per heavy atom. The van der Waals surface area contributed by atoms with Crippen molar-refractivity contribution in [2.75, 3.05) is 18.8 Å². The number of halogens is 1. The van der Waals surface area contributed by atoms with Crippen molar-refractivity contribution in [3.8, 4) is 0 Å². The molecule has 0 amide bonds. The van der Waals surface area contributed by atoms with Crippen LogP contribution in [0.3, 0.4) is 0 Å². The summed E-state index contributed by atoms with van der Waals surface area (Å²) < 4.78 is 31.6. The summed E-state index contributed by atoms with van der Waals surface area (Å²) in [6.07, 6.45) is 7.40. The van der Waals surface area contributed by atoms with E-state index in [1.807, 2.05) is 0 Å². The molecule has 218 valence electrons. The van der Waals surface area contributed by atoms with Gasteiger partial charge in [0.1, 0.15) is 0 Å². The Hall–Kier alpha value is 0.936. The maximum absolute atomic E-state index is 9.26. The van der Waals surface area contributed by atoms with E-state index < -0.39 is 10.4 Å². The maximum Gasteiger partial charge on any atom is 1.00 e. The predicted molar refractivity (Wildman–Crippen MR) is 182 cm³/mol. The Morgan fingerprint density at radius 3 is 1.23 bits per heavy atom. The Kier molecular flexibility index (Phi) is 32.5. The Bertz CT molecular complexity index is 938. The van der Waals surface area contributed by atoms with Gasteiger partial charge in [-0.1, -0.05) is 59.3 Å². The van der Waals surface area contributed by atoms with Crippen LogP contribution in [0.4, 0.5) is 0 Å². The van der Waals surface area contributed by atoms with Gasteiger partial charge < -0.3 is 17.4 Å². The molecule has 0 aliphatic heterocycles. The minimum absolute atomic E-state index is 0. The van der Waals surface area contributed by atoms with E-state index in [9.17, 15) is 4.79 Å². The third-order valence-corrected chi connectivity index (χ3v) is 7.47. The number of aryl methyl sites for hydroxylation is 1. The first kappa shape index (κ1) is 45.4. The van der Waals surface area contributed by atoms with Crippen molar-refractivity contribution in [3.05, 3.63) is 89.5 Å². The van der Waals surface area contributed by atoms with Gasteiger partial charge >= 0.3 is 61.8 Å². The summed E-state index contributed by atoms with van der Waals surface area (Å²) in [6.45, 7) is 3.52. The van der Waals surface area contributed by atoms with Crippen LogP contribution in [0.5, 0.6) is 0 Å². The van der Waals surface area contributed by atoms with Gasteiger partial charge in [0.15, 0.2) is 0 Å². The van der Waals surface area contributed by atoms with Crippen LogP contribution in [0.1, 0.15) is 30.5 Å². The minimum atomic E-state index is -4.67. The standard InChI is InChI=1S/C9H12S.C8H9BrS.C8H10S2.C2H4OS.K.H2O4S/c1-3-8-4-6-9(10-2)7-5-8;2*1-10-8-4-2-7(6-9)3-5-8;1-2(3)4;;1-5(2,3)4/h4-7H,3H2,1-2H3;2-5H,6H2,1H3;2-5,9H,6H2,1H3;1H3,(H,3,4);;(H2,1,2,3,4)/q;;;;+1;/p-1. The van der Waals surface area contributed by atoms with Gasteiger partial charge in [-0.2, -0.15) is 21.0 Å². The quantitative estimate of drug-likeness (QED) is 0.0751. The summed E-state index contributed by atoms with van der Waals surface area (Å²) in [4.78, 5) is 13.2. The molecule has 3 aromatic carbocycles. The van der Waals surface area contributed by atoms with Crippen LogP contribution in [-0.2, 0) is 45.3 Å². The van der Waals surface area contributed by atoms with Crippen LogP contribution in [0, 0.1) is 0 Å². The van der Waals surface area contributed by atoms with Crippen LogP contribution in [-0.4, -0.2) is 41.4 Å². The van der Waals surface area contributed by atoms with Gasteiger partial charge in [0.25, 0.3) is 0 Å². The predicted octanol–water partition coefficient (Wildman–Crippen LogP) is 5.54. The van der Waals surface area contributed by atoms with Gasteiger partial charge in [-0.05, 0) is 85.2 Å². The van der Waals surface area contributed by atoms with Crippen molar-refractivity contribution < 1.29 is 73.7 Å². The molecule has 2 N–H and O–H groups in total.